The first-order valence-electron chi connectivity index (χ1n) is 6.46. The lowest BCUT2D eigenvalue weighted by atomic mass is 10.2. The highest BCUT2D eigenvalue weighted by atomic mass is 32.2. The van der Waals surface area contributed by atoms with Gasteiger partial charge in [0.15, 0.2) is 5.76 Å². The van der Waals surface area contributed by atoms with Gasteiger partial charge in [-0.1, -0.05) is 30.0 Å². The molecule has 0 fully saturated rings. The Kier molecular flexibility index (Phi) is 5.16. The third kappa shape index (κ3) is 4.19. The van der Waals surface area contributed by atoms with Gasteiger partial charge in [0.1, 0.15) is 11.3 Å². The molecule has 2 rings (SSSR count). The number of thioether (sulfide) groups is 1. The first kappa shape index (κ1) is 15.3. The summed E-state index contributed by atoms with van der Waals surface area (Å²) in [5, 5.41) is 9.99. The van der Waals surface area contributed by atoms with Crippen LogP contribution >= 0.6 is 11.8 Å². The Labute approximate surface area is 128 Å². The van der Waals surface area contributed by atoms with Crippen LogP contribution in [0.2, 0.25) is 0 Å². The van der Waals surface area contributed by atoms with Crippen LogP contribution in [0.5, 0.6) is 0 Å². The highest BCUT2D eigenvalue weighted by Gasteiger charge is 2.05. The second kappa shape index (κ2) is 7.08. The van der Waals surface area contributed by atoms with Gasteiger partial charge in [-0.15, -0.1) is 10.2 Å². The number of aliphatic imine (C=N–C) groups is 1. The number of hydrogen-bond donors (Lipinski definition) is 0. The van der Waals surface area contributed by atoms with Crippen LogP contribution in [0.4, 0.5) is 0 Å². The lowest BCUT2D eigenvalue weighted by Crippen LogP contribution is -2.08. The van der Waals surface area contributed by atoms with Crippen molar-refractivity contribution in [1.29, 1.82) is 0 Å². The third-order valence-electron chi connectivity index (χ3n) is 2.65. The van der Waals surface area contributed by atoms with Crippen LogP contribution in [0, 0.1) is 0 Å². The summed E-state index contributed by atoms with van der Waals surface area (Å²) < 4.78 is 5.74. The van der Waals surface area contributed by atoms with Crippen molar-refractivity contribution in [3.8, 4) is 0 Å². The number of rotatable bonds is 3. The zero-order valence-corrected chi connectivity index (χ0v) is 13.4. The molecular formula is C15H18N4OS. The van der Waals surface area contributed by atoms with Gasteiger partial charge >= 0.3 is 0 Å². The van der Waals surface area contributed by atoms with E-state index in [1.54, 1.807) is 6.34 Å². The van der Waals surface area contributed by atoms with E-state index in [2.05, 4.69) is 15.2 Å². The molecular weight excluding hydrogens is 284 g/mol. The van der Waals surface area contributed by atoms with Crippen molar-refractivity contribution in [2.75, 3.05) is 20.4 Å². The molecule has 21 heavy (non-hydrogen) atoms. The number of furan rings is 1. The van der Waals surface area contributed by atoms with Gasteiger partial charge in [-0.3, -0.25) is 0 Å². The highest BCUT2D eigenvalue weighted by molar-refractivity contribution is 8.13. The molecule has 0 N–H and O–H groups in total. The fraction of sp³-hybridized carbons (Fsp3) is 0.267. The molecule has 0 unspecified atom stereocenters. The van der Waals surface area contributed by atoms with Crippen molar-refractivity contribution in [2.45, 2.75) is 6.92 Å². The number of nitrogens with zero attached hydrogens (tertiary/aromatic N) is 4. The lowest BCUT2D eigenvalue weighted by molar-refractivity contribution is 0.604. The van der Waals surface area contributed by atoms with Crippen molar-refractivity contribution < 1.29 is 4.42 Å². The van der Waals surface area contributed by atoms with Gasteiger partial charge in [-0.05, 0) is 25.3 Å². The number of hydrogen-bond acceptors (Lipinski definition) is 4. The Morgan fingerprint density at radius 1 is 1.24 bits per heavy atom. The van der Waals surface area contributed by atoms with E-state index in [1.807, 2.05) is 62.5 Å². The number of fused-ring (bicyclic) bond motifs is 1. The second-order valence-corrected chi connectivity index (χ2v) is 5.40. The minimum absolute atomic E-state index is 0.596. The van der Waals surface area contributed by atoms with Crippen molar-refractivity contribution in [1.82, 2.24) is 4.90 Å². The molecule has 5 nitrogen and oxygen atoms in total. The Hall–Kier alpha value is -2.08. The molecule has 110 valence electrons. The molecule has 1 aromatic carbocycles. The van der Waals surface area contributed by atoms with Crippen LogP contribution in [0.1, 0.15) is 12.7 Å². The molecule has 0 spiro atoms. The molecule has 0 aliphatic heterocycles. The van der Waals surface area contributed by atoms with Gasteiger partial charge < -0.3 is 9.32 Å². The van der Waals surface area contributed by atoms with E-state index in [9.17, 15) is 0 Å². The smallest absolute Gasteiger partial charge is 0.210 e. The summed E-state index contributed by atoms with van der Waals surface area (Å²) in [5.41, 5.74) is 1.57. The van der Waals surface area contributed by atoms with E-state index in [-0.39, 0.29) is 0 Å². The maximum absolute atomic E-state index is 5.74. The zero-order valence-electron chi connectivity index (χ0n) is 12.6. The van der Waals surface area contributed by atoms with Crippen LogP contribution in [0.3, 0.4) is 0 Å². The molecule has 1 aromatic heterocycles. The average molecular weight is 302 g/mol. The standard InChI is InChI=1S/C15H18N4OS/c1-11(17-18-15(21-4)16-10-19(2)3)14-9-12-7-5-6-8-13(12)20-14/h5-10H,1-4H3/b16-10?,17-11-,18-15+. The fourth-order valence-corrected chi connectivity index (χ4v) is 1.89. The maximum atomic E-state index is 5.74. The van der Waals surface area contributed by atoms with Crippen LogP contribution in [-0.2, 0) is 0 Å². The van der Waals surface area contributed by atoms with Gasteiger partial charge in [0, 0.05) is 19.5 Å². The predicted molar refractivity (Wildman–Crippen MR) is 91.6 cm³/mol. The normalized spacial score (nSPS) is 13.3. The van der Waals surface area contributed by atoms with E-state index in [0.29, 0.717) is 5.17 Å². The van der Waals surface area contributed by atoms with Crippen LogP contribution < -0.4 is 0 Å². The van der Waals surface area contributed by atoms with E-state index in [4.69, 9.17) is 4.42 Å². The molecule has 0 aliphatic rings. The first-order valence-corrected chi connectivity index (χ1v) is 7.68. The van der Waals surface area contributed by atoms with Gasteiger partial charge in [0.05, 0.1) is 6.34 Å². The molecule has 0 amide bonds. The summed E-state index contributed by atoms with van der Waals surface area (Å²) in [7, 11) is 3.81. The molecule has 2 aromatic rings. The Morgan fingerprint density at radius 2 is 2.00 bits per heavy atom. The molecule has 6 heteroatoms. The van der Waals surface area contributed by atoms with E-state index >= 15 is 0 Å². The van der Waals surface area contributed by atoms with Crippen LogP contribution in [0.25, 0.3) is 11.0 Å². The molecule has 0 saturated heterocycles. The van der Waals surface area contributed by atoms with Crippen molar-refractivity contribution in [3.05, 3.63) is 36.1 Å². The summed E-state index contributed by atoms with van der Waals surface area (Å²) in [6.07, 6.45) is 3.61. The Balaban J connectivity index is 2.23. The maximum Gasteiger partial charge on any atom is 0.210 e. The molecule has 0 radical (unpaired) electrons. The van der Waals surface area contributed by atoms with Gasteiger partial charge in [0.2, 0.25) is 5.17 Å². The van der Waals surface area contributed by atoms with E-state index in [1.165, 1.54) is 11.8 Å². The predicted octanol–water partition coefficient (Wildman–Crippen LogP) is 3.47. The first-order chi connectivity index (χ1) is 10.1. The minimum Gasteiger partial charge on any atom is -0.455 e. The molecule has 0 saturated carbocycles. The second-order valence-electron chi connectivity index (χ2n) is 4.63. The summed E-state index contributed by atoms with van der Waals surface area (Å²) >= 11 is 1.44. The summed E-state index contributed by atoms with van der Waals surface area (Å²) in [4.78, 5) is 6.08. The number of amidine groups is 1. The largest absolute Gasteiger partial charge is 0.455 e. The molecule has 1 heterocycles. The Morgan fingerprint density at radius 3 is 2.67 bits per heavy atom. The molecule has 0 aliphatic carbocycles. The summed E-state index contributed by atoms with van der Waals surface area (Å²) in [6.45, 7) is 1.87. The van der Waals surface area contributed by atoms with Gasteiger partial charge in [-0.25, -0.2) is 4.99 Å². The lowest BCUT2D eigenvalue weighted by Gasteiger charge is -2.01. The third-order valence-corrected chi connectivity index (χ3v) is 3.20. The van der Waals surface area contributed by atoms with E-state index < -0.39 is 0 Å². The van der Waals surface area contributed by atoms with Crippen LogP contribution in [-0.4, -0.2) is 42.5 Å². The average Bonchev–Trinajstić information content (AvgIpc) is 2.91. The number of para-hydroxylation sites is 1. The molecule has 0 bridgehead atoms. The number of benzene rings is 1. The zero-order chi connectivity index (χ0) is 15.2. The highest BCUT2D eigenvalue weighted by Crippen LogP contribution is 2.19. The van der Waals surface area contributed by atoms with Gasteiger partial charge in [0.25, 0.3) is 0 Å². The van der Waals surface area contributed by atoms with Crippen molar-refractivity contribution in [3.63, 3.8) is 0 Å². The fourth-order valence-electron chi connectivity index (χ4n) is 1.61. The van der Waals surface area contributed by atoms with Crippen LogP contribution in [0.15, 0.2) is 49.9 Å². The quantitative estimate of drug-likeness (QED) is 0.495. The summed E-state index contributed by atoms with van der Waals surface area (Å²) in [5.74, 6) is 0.719. The topological polar surface area (TPSA) is 53.5 Å². The Bertz CT molecular complexity index is 668. The minimum atomic E-state index is 0.596. The summed E-state index contributed by atoms with van der Waals surface area (Å²) in [6, 6.07) is 9.83. The van der Waals surface area contributed by atoms with Gasteiger partial charge in [-0.2, -0.15) is 0 Å². The monoisotopic (exact) mass is 302 g/mol. The SMILES string of the molecule is CS/C(N=CN(C)C)=N/N=C(/C)c1cc2ccccc2o1. The van der Waals surface area contributed by atoms with Crippen molar-refractivity contribution >= 4 is 39.9 Å². The van der Waals surface area contributed by atoms with E-state index in [0.717, 1.165) is 22.4 Å². The van der Waals surface area contributed by atoms with Crippen molar-refractivity contribution in [2.24, 2.45) is 15.2 Å². The molecule has 0 atom stereocenters.